The molecule has 2 fully saturated rings. The van der Waals surface area contributed by atoms with Crippen molar-refractivity contribution < 1.29 is 0 Å². The van der Waals surface area contributed by atoms with Gasteiger partial charge in [-0.2, -0.15) is 11.8 Å². The number of rotatable bonds is 6. The first-order chi connectivity index (χ1) is 9.80. The molecule has 1 saturated carbocycles. The zero-order valence-electron chi connectivity index (χ0n) is 12.5. The highest BCUT2D eigenvalue weighted by atomic mass is 32.2. The predicted molar refractivity (Wildman–Crippen MR) is 88.2 cm³/mol. The molecule has 0 bridgehead atoms. The van der Waals surface area contributed by atoms with Crippen molar-refractivity contribution >= 4 is 11.8 Å². The maximum absolute atomic E-state index is 3.83. The lowest BCUT2D eigenvalue weighted by Gasteiger charge is -2.41. The van der Waals surface area contributed by atoms with Gasteiger partial charge in [0.1, 0.15) is 0 Å². The van der Waals surface area contributed by atoms with E-state index in [9.17, 15) is 0 Å². The molecule has 1 heterocycles. The van der Waals surface area contributed by atoms with E-state index in [4.69, 9.17) is 0 Å². The van der Waals surface area contributed by atoms with Crippen LogP contribution in [-0.4, -0.2) is 41.6 Å². The van der Waals surface area contributed by atoms with E-state index >= 15 is 0 Å². The van der Waals surface area contributed by atoms with E-state index in [1.165, 1.54) is 50.9 Å². The van der Waals surface area contributed by atoms with Gasteiger partial charge in [-0.3, -0.25) is 4.90 Å². The Morgan fingerprint density at radius 2 is 2.10 bits per heavy atom. The van der Waals surface area contributed by atoms with Crippen molar-refractivity contribution in [2.75, 3.05) is 25.9 Å². The van der Waals surface area contributed by atoms with Crippen LogP contribution in [0.1, 0.15) is 31.2 Å². The van der Waals surface area contributed by atoms with Crippen LogP contribution in [0.15, 0.2) is 30.3 Å². The molecule has 1 aromatic rings. The van der Waals surface area contributed by atoms with E-state index < -0.39 is 0 Å². The standard InChI is InChI=1S/C17H26N2S/c1-20-17(9-5-10-17)14-18-16-8-11-19(13-16)12-15-6-3-2-4-7-15/h2-4,6-7,16,18H,5,8-14H2,1H3. The van der Waals surface area contributed by atoms with Crippen LogP contribution in [0.3, 0.4) is 0 Å². The molecule has 3 heteroatoms. The van der Waals surface area contributed by atoms with E-state index in [0.717, 1.165) is 6.54 Å². The fourth-order valence-corrected chi connectivity index (χ4v) is 4.26. The third-order valence-corrected chi connectivity index (χ3v) is 6.35. The molecule has 2 aliphatic rings. The van der Waals surface area contributed by atoms with Gasteiger partial charge in [-0.1, -0.05) is 36.8 Å². The predicted octanol–water partition coefficient (Wildman–Crippen LogP) is 3.14. The SMILES string of the molecule is CSC1(CNC2CCN(Cc3ccccc3)C2)CCC1. The molecule has 1 unspecified atom stereocenters. The van der Waals surface area contributed by atoms with Crippen molar-refractivity contribution in [1.82, 2.24) is 10.2 Å². The lowest BCUT2D eigenvalue weighted by atomic mass is 9.84. The molecule has 3 rings (SSSR count). The van der Waals surface area contributed by atoms with E-state index in [2.05, 4.69) is 58.6 Å². The van der Waals surface area contributed by atoms with Crippen molar-refractivity contribution in [2.24, 2.45) is 0 Å². The van der Waals surface area contributed by atoms with Crippen molar-refractivity contribution in [3.63, 3.8) is 0 Å². The van der Waals surface area contributed by atoms with Crippen LogP contribution in [0, 0.1) is 0 Å². The van der Waals surface area contributed by atoms with Crippen LogP contribution in [0.25, 0.3) is 0 Å². The number of hydrogen-bond donors (Lipinski definition) is 1. The summed E-state index contributed by atoms with van der Waals surface area (Å²) in [6.07, 6.45) is 7.81. The molecular weight excluding hydrogens is 264 g/mol. The van der Waals surface area contributed by atoms with Gasteiger partial charge < -0.3 is 5.32 Å². The van der Waals surface area contributed by atoms with Crippen LogP contribution in [-0.2, 0) is 6.54 Å². The zero-order valence-corrected chi connectivity index (χ0v) is 13.3. The van der Waals surface area contributed by atoms with Gasteiger partial charge in [-0.05, 0) is 31.1 Å². The maximum Gasteiger partial charge on any atom is 0.0281 e. The summed E-state index contributed by atoms with van der Waals surface area (Å²) in [6.45, 7) is 4.75. The van der Waals surface area contributed by atoms with Gasteiger partial charge >= 0.3 is 0 Å². The fraction of sp³-hybridized carbons (Fsp3) is 0.647. The molecular formula is C17H26N2S. The topological polar surface area (TPSA) is 15.3 Å². The zero-order chi connectivity index (χ0) is 13.8. The minimum Gasteiger partial charge on any atom is -0.311 e. The van der Waals surface area contributed by atoms with Crippen molar-refractivity contribution in [1.29, 1.82) is 0 Å². The molecule has 2 nitrogen and oxygen atoms in total. The Balaban J connectivity index is 1.43. The highest BCUT2D eigenvalue weighted by Gasteiger charge is 2.36. The fourth-order valence-electron chi connectivity index (χ4n) is 3.34. The summed E-state index contributed by atoms with van der Waals surface area (Å²) >= 11 is 2.07. The Kier molecular flexibility index (Phi) is 4.69. The van der Waals surface area contributed by atoms with Crippen molar-refractivity contribution in [3.05, 3.63) is 35.9 Å². The molecule has 1 N–H and O–H groups in total. The number of benzene rings is 1. The molecule has 1 saturated heterocycles. The van der Waals surface area contributed by atoms with Gasteiger partial charge in [0.25, 0.3) is 0 Å². The minimum absolute atomic E-state index is 0.562. The number of nitrogens with zero attached hydrogens (tertiary/aromatic N) is 1. The molecule has 1 aliphatic carbocycles. The monoisotopic (exact) mass is 290 g/mol. The Labute approximate surface area is 127 Å². The van der Waals surface area contributed by atoms with E-state index in [1.54, 1.807) is 0 Å². The lowest BCUT2D eigenvalue weighted by Crippen LogP contribution is -2.47. The Morgan fingerprint density at radius 3 is 2.75 bits per heavy atom. The van der Waals surface area contributed by atoms with Crippen LogP contribution in [0.2, 0.25) is 0 Å². The summed E-state index contributed by atoms with van der Waals surface area (Å²) in [7, 11) is 0. The van der Waals surface area contributed by atoms with Crippen LogP contribution >= 0.6 is 11.8 Å². The molecule has 0 spiro atoms. The average Bonchev–Trinajstić information content (AvgIpc) is 2.87. The summed E-state index contributed by atoms with van der Waals surface area (Å²) in [6, 6.07) is 11.5. The highest BCUT2D eigenvalue weighted by Crippen LogP contribution is 2.42. The van der Waals surface area contributed by atoms with Crippen LogP contribution < -0.4 is 5.32 Å². The van der Waals surface area contributed by atoms with Crippen LogP contribution in [0.4, 0.5) is 0 Å². The summed E-state index contributed by atoms with van der Waals surface area (Å²) in [5.41, 5.74) is 1.44. The van der Waals surface area contributed by atoms with Crippen LogP contribution in [0.5, 0.6) is 0 Å². The number of likely N-dealkylation sites (tertiary alicyclic amines) is 1. The van der Waals surface area contributed by atoms with Gasteiger partial charge in [0.05, 0.1) is 0 Å². The second-order valence-corrected chi connectivity index (χ2v) is 7.60. The second kappa shape index (κ2) is 6.50. The van der Waals surface area contributed by atoms with E-state index in [1.807, 2.05) is 0 Å². The first-order valence-corrected chi connectivity index (χ1v) is 9.07. The maximum atomic E-state index is 3.83. The molecule has 0 aromatic heterocycles. The smallest absolute Gasteiger partial charge is 0.0281 e. The van der Waals surface area contributed by atoms with E-state index in [0.29, 0.717) is 10.8 Å². The molecule has 0 radical (unpaired) electrons. The quantitative estimate of drug-likeness (QED) is 0.866. The Hall–Kier alpha value is -0.510. The summed E-state index contributed by atoms with van der Waals surface area (Å²) in [5.74, 6) is 0. The third kappa shape index (κ3) is 3.38. The normalized spacial score (nSPS) is 25.6. The highest BCUT2D eigenvalue weighted by molar-refractivity contribution is 8.00. The summed E-state index contributed by atoms with van der Waals surface area (Å²) in [5, 5.41) is 3.83. The van der Waals surface area contributed by atoms with Gasteiger partial charge in [-0.25, -0.2) is 0 Å². The first-order valence-electron chi connectivity index (χ1n) is 7.84. The average molecular weight is 290 g/mol. The lowest BCUT2D eigenvalue weighted by molar-refractivity contribution is 0.303. The van der Waals surface area contributed by atoms with Gasteiger partial charge in [0.2, 0.25) is 0 Å². The summed E-state index contributed by atoms with van der Waals surface area (Å²) < 4.78 is 0.562. The minimum atomic E-state index is 0.562. The largest absolute Gasteiger partial charge is 0.311 e. The van der Waals surface area contributed by atoms with Gasteiger partial charge in [0, 0.05) is 37.0 Å². The Morgan fingerprint density at radius 1 is 1.30 bits per heavy atom. The van der Waals surface area contributed by atoms with Crippen molar-refractivity contribution in [3.8, 4) is 0 Å². The summed E-state index contributed by atoms with van der Waals surface area (Å²) in [4.78, 5) is 2.58. The third-order valence-electron chi connectivity index (χ3n) is 4.93. The molecule has 20 heavy (non-hydrogen) atoms. The second-order valence-electron chi connectivity index (χ2n) is 6.33. The van der Waals surface area contributed by atoms with Gasteiger partial charge in [0.15, 0.2) is 0 Å². The number of hydrogen-bond acceptors (Lipinski definition) is 3. The molecule has 1 atom stereocenters. The number of nitrogens with one attached hydrogen (secondary N) is 1. The number of thioether (sulfide) groups is 1. The first kappa shape index (κ1) is 14.4. The van der Waals surface area contributed by atoms with E-state index in [-0.39, 0.29) is 0 Å². The molecule has 110 valence electrons. The molecule has 1 aliphatic heterocycles. The van der Waals surface area contributed by atoms with Gasteiger partial charge in [-0.15, -0.1) is 0 Å². The Bertz CT molecular complexity index is 411. The molecule has 1 aromatic carbocycles. The molecule has 0 amide bonds. The van der Waals surface area contributed by atoms with Crippen molar-refractivity contribution in [2.45, 2.75) is 43.0 Å².